The molecule has 16 heavy (non-hydrogen) atoms. The van der Waals surface area contributed by atoms with Gasteiger partial charge < -0.3 is 4.74 Å². The van der Waals surface area contributed by atoms with E-state index in [1.807, 2.05) is 0 Å². The third-order valence-electron chi connectivity index (χ3n) is 2.09. The summed E-state index contributed by atoms with van der Waals surface area (Å²) in [6.07, 6.45) is 1.58. The van der Waals surface area contributed by atoms with Gasteiger partial charge in [0.25, 0.3) is 0 Å². The molecule has 0 radical (unpaired) electrons. The van der Waals surface area contributed by atoms with Gasteiger partial charge in [0.1, 0.15) is 5.76 Å². The molecule has 1 fully saturated rings. The van der Waals surface area contributed by atoms with Crippen molar-refractivity contribution in [3.05, 3.63) is 23.5 Å². The number of hydrogen-bond acceptors (Lipinski definition) is 5. The first-order chi connectivity index (χ1) is 7.52. The van der Waals surface area contributed by atoms with Crippen molar-refractivity contribution in [3.8, 4) is 0 Å². The Hall–Kier alpha value is -1.78. The second-order valence-corrected chi connectivity index (χ2v) is 3.52. The van der Waals surface area contributed by atoms with Gasteiger partial charge in [0.05, 0.1) is 12.2 Å². The summed E-state index contributed by atoms with van der Waals surface area (Å²) in [7, 11) is 0. The average Bonchev–Trinajstić information content (AvgIpc) is 2.77. The second-order valence-electron chi connectivity index (χ2n) is 3.52. The normalized spacial score (nSPS) is 17.4. The number of rotatable bonds is 2. The molecule has 5 nitrogen and oxygen atoms in total. The van der Waals surface area contributed by atoms with Gasteiger partial charge in [0, 0.05) is 12.0 Å². The van der Waals surface area contributed by atoms with Crippen molar-refractivity contribution in [2.45, 2.75) is 26.7 Å². The second kappa shape index (κ2) is 5.34. The molecule has 0 N–H and O–H groups in total. The number of carbonyl (C=O) groups is 2. The van der Waals surface area contributed by atoms with Gasteiger partial charge in [-0.1, -0.05) is 6.58 Å². The lowest BCUT2D eigenvalue weighted by Crippen LogP contribution is -2.13. The van der Waals surface area contributed by atoms with E-state index in [4.69, 9.17) is 4.74 Å². The Bertz CT molecular complexity index is 345. The molecule has 1 heterocycles. The van der Waals surface area contributed by atoms with Crippen molar-refractivity contribution in [2.24, 2.45) is 0 Å². The average molecular weight is 226 g/mol. The Kier molecular flexibility index (Phi) is 4.10. The molecule has 0 aromatic rings. The molecule has 0 saturated carbocycles. The lowest BCUT2D eigenvalue weighted by molar-refractivity contribution is -0.252. The topological polar surface area (TPSA) is 61.8 Å². The highest BCUT2D eigenvalue weighted by Gasteiger charge is 2.19. The fraction of sp³-hybridized carbons (Fsp3) is 0.455. The monoisotopic (exact) mass is 226 g/mol. The molecule has 0 spiro atoms. The van der Waals surface area contributed by atoms with E-state index < -0.39 is 11.9 Å². The SMILES string of the molecule is C=C(C)C(=O)OOC(=O)/C(C)=C1/CCCO1. The zero-order valence-electron chi connectivity index (χ0n) is 9.37. The summed E-state index contributed by atoms with van der Waals surface area (Å²) >= 11 is 0. The molecule has 0 unspecified atom stereocenters. The van der Waals surface area contributed by atoms with E-state index in [2.05, 4.69) is 16.4 Å². The van der Waals surface area contributed by atoms with Gasteiger partial charge in [-0.25, -0.2) is 19.4 Å². The molecule has 0 aromatic heterocycles. The molecule has 5 heteroatoms. The van der Waals surface area contributed by atoms with Crippen LogP contribution in [-0.4, -0.2) is 18.5 Å². The largest absolute Gasteiger partial charge is 0.497 e. The Morgan fingerprint density at radius 3 is 2.38 bits per heavy atom. The molecule has 1 aliphatic heterocycles. The van der Waals surface area contributed by atoms with Crippen molar-refractivity contribution in [2.75, 3.05) is 6.61 Å². The summed E-state index contributed by atoms with van der Waals surface area (Å²) in [6, 6.07) is 0. The zero-order valence-corrected chi connectivity index (χ0v) is 9.37. The van der Waals surface area contributed by atoms with Gasteiger partial charge in [0.2, 0.25) is 0 Å². The number of carbonyl (C=O) groups excluding carboxylic acids is 2. The van der Waals surface area contributed by atoms with E-state index in [1.165, 1.54) is 6.92 Å². The summed E-state index contributed by atoms with van der Waals surface area (Å²) in [5.41, 5.74) is 0.488. The molecule has 1 rings (SSSR count). The van der Waals surface area contributed by atoms with Crippen LogP contribution in [0, 0.1) is 0 Å². The lowest BCUT2D eigenvalue weighted by Gasteiger charge is -2.05. The van der Waals surface area contributed by atoms with Gasteiger partial charge in [-0.05, 0) is 20.3 Å². The minimum Gasteiger partial charge on any atom is -0.497 e. The molecular weight excluding hydrogens is 212 g/mol. The first kappa shape index (κ1) is 12.3. The van der Waals surface area contributed by atoms with Crippen molar-refractivity contribution in [1.29, 1.82) is 0 Å². The summed E-state index contributed by atoms with van der Waals surface area (Å²) in [5.74, 6) is -0.888. The first-order valence-electron chi connectivity index (χ1n) is 4.93. The van der Waals surface area contributed by atoms with E-state index in [0.29, 0.717) is 24.4 Å². The maximum Gasteiger partial charge on any atom is 0.385 e. The molecule has 0 aliphatic carbocycles. The molecule has 0 amide bonds. The quantitative estimate of drug-likeness (QED) is 0.407. The van der Waals surface area contributed by atoms with Gasteiger partial charge in [0.15, 0.2) is 0 Å². The van der Waals surface area contributed by atoms with Crippen molar-refractivity contribution in [3.63, 3.8) is 0 Å². The highest BCUT2D eigenvalue weighted by Crippen LogP contribution is 2.20. The molecule has 0 aromatic carbocycles. The summed E-state index contributed by atoms with van der Waals surface area (Å²) < 4.78 is 5.21. The number of ether oxygens (including phenoxy) is 1. The van der Waals surface area contributed by atoms with Crippen LogP contribution in [0.1, 0.15) is 26.7 Å². The zero-order chi connectivity index (χ0) is 12.1. The lowest BCUT2D eigenvalue weighted by atomic mass is 10.2. The molecular formula is C11H14O5. The van der Waals surface area contributed by atoms with Crippen LogP contribution in [0.3, 0.4) is 0 Å². The fourth-order valence-corrected chi connectivity index (χ4v) is 1.12. The van der Waals surface area contributed by atoms with Crippen LogP contribution in [0.4, 0.5) is 0 Å². The van der Waals surface area contributed by atoms with Crippen molar-refractivity contribution >= 4 is 11.9 Å². The maximum absolute atomic E-state index is 11.4. The van der Waals surface area contributed by atoms with Crippen molar-refractivity contribution < 1.29 is 24.1 Å². The van der Waals surface area contributed by atoms with Gasteiger partial charge in [-0.15, -0.1) is 0 Å². The summed E-state index contributed by atoms with van der Waals surface area (Å²) in [6.45, 7) is 6.98. The molecule has 0 bridgehead atoms. The van der Waals surface area contributed by atoms with E-state index in [9.17, 15) is 9.59 Å². The Balaban J connectivity index is 2.49. The van der Waals surface area contributed by atoms with E-state index in [1.54, 1.807) is 6.92 Å². The van der Waals surface area contributed by atoms with E-state index in [0.717, 1.165) is 6.42 Å². The predicted molar refractivity (Wildman–Crippen MR) is 54.9 cm³/mol. The van der Waals surface area contributed by atoms with Crippen LogP contribution in [0.2, 0.25) is 0 Å². The first-order valence-corrected chi connectivity index (χ1v) is 4.93. The van der Waals surface area contributed by atoms with Gasteiger partial charge in [-0.2, -0.15) is 0 Å². The maximum atomic E-state index is 11.4. The molecule has 1 aliphatic rings. The molecule has 1 saturated heterocycles. The molecule has 88 valence electrons. The highest BCUT2D eigenvalue weighted by atomic mass is 17.2. The predicted octanol–water partition coefficient (Wildman–Crippen LogP) is 1.65. The Labute approximate surface area is 93.6 Å². The minimum atomic E-state index is -0.765. The number of allylic oxidation sites excluding steroid dienone is 1. The summed E-state index contributed by atoms with van der Waals surface area (Å²) in [5, 5.41) is 0. The Morgan fingerprint density at radius 1 is 1.25 bits per heavy atom. The van der Waals surface area contributed by atoms with Crippen LogP contribution in [0.5, 0.6) is 0 Å². The van der Waals surface area contributed by atoms with E-state index >= 15 is 0 Å². The smallest absolute Gasteiger partial charge is 0.385 e. The Morgan fingerprint density at radius 2 is 1.88 bits per heavy atom. The highest BCUT2D eigenvalue weighted by molar-refractivity contribution is 5.90. The van der Waals surface area contributed by atoms with Crippen molar-refractivity contribution in [1.82, 2.24) is 0 Å². The van der Waals surface area contributed by atoms with E-state index in [-0.39, 0.29) is 5.57 Å². The van der Waals surface area contributed by atoms with Crippen LogP contribution in [-0.2, 0) is 24.1 Å². The van der Waals surface area contributed by atoms with Gasteiger partial charge >= 0.3 is 11.9 Å². The van der Waals surface area contributed by atoms with Gasteiger partial charge in [-0.3, -0.25) is 0 Å². The number of hydrogen-bond donors (Lipinski definition) is 0. The third-order valence-corrected chi connectivity index (χ3v) is 2.09. The van der Waals surface area contributed by atoms with Crippen LogP contribution >= 0.6 is 0 Å². The standard InChI is InChI=1S/C11H14O5/c1-7(2)10(12)15-16-11(13)8(3)9-5-4-6-14-9/h1,4-6H2,2-3H3/b9-8-. The molecule has 0 atom stereocenters. The fourth-order valence-electron chi connectivity index (χ4n) is 1.12. The third kappa shape index (κ3) is 3.12. The minimum absolute atomic E-state index is 0.162. The summed E-state index contributed by atoms with van der Waals surface area (Å²) in [4.78, 5) is 31.0. The van der Waals surface area contributed by atoms with Crippen LogP contribution in [0.25, 0.3) is 0 Å². The van der Waals surface area contributed by atoms with Crippen LogP contribution in [0.15, 0.2) is 23.5 Å². The van der Waals surface area contributed by atoms with Crippen LogP contribution < -0.4 is 0 Å².